The molecule has 8 aromatic carbocycles. The normalized spacial score (nSPS) is 15.1. The zero-order chi connectivity index (χ0) is 39.8. The molecule has 12 heteroatoms. The Morgan fingerprint density at radius 1 is 0.424 bits per heavy atom. The van der Waals surface area contributed by atoms with Gasteiger partial charge in [0, 0.05) is 22.1 Å². The molecular formula is C47H30N6O6. The van der Waals surface area contributed by atoms with E-state index in [9.17, 15) is 9.59 Å². The molecule has 2 heterocycles. The molecule has 0 radical (unpaired) electrons. The number of nitrogens with zero attached hydrogens (tertiary/aromatic N) is 4. The van der Waals surface area contributed by atoms with Gasteiger partial charge in [-0.05, 0) is 71.4 Å². The maximum Gasteiger partial charge on any atom is 0.611 e. The second-order valence-electron chi connectivity index (χ2n) is 13.5. The number of ether oxygens (including phenoxy) is 4. The lowest BCUT2D eigenvalue weighted by molar-refractivity contribution is -0.366. The van der Waals surface area contributed by atoms with Crippen LogP contribution in [0.5, 0.6) is 23.0 Å². The number of amides is 2. The third kappa shape index (κ3) is 6.70. The summed E-state index contributed by atoms with van der Waals surface area (Å²) in [6.07, 6.45) is -2.66. The lowest BCUT2D eigenvalue weighted by Crippen LogP contribution is -2.54. The van der Waals surface area contributed by atoms with E-state index in [-0.39, 0.29) is 45.5 Å². The summed E-state index contributed by atoms with van der Waals surface area (Å²) >= 11 is 0. The van der Waals surface area contributed by atoms with Gasteiger partial charge in [-0.2, -0.15) is 0 Å². The molecule has 1 spiro atoms. The molecule has 284 valence electrons. The van der Waals surface area contributed by atoms with Gasteiger partial charge in [0.2, 0.25) is 0 Å². The number of benzene rings is 8. The maximum absolute atomic E-state index is 14.5. The van der Waals surface area contributed by atoms with E-state index in [0.717, 1.165) is 0 Å². The highest BCUT2D eigenvalue weighted by molar-refractivity contribution is 6.13. The van der Waals surface area contributed by atoms with Gasteiger partial charge >= 0.3 is 6.16 Å². The summed E-state index contributed by atoms with van der Waals surface area (Å²) in [6.45, 7) is 0. The molecular weight excluding hydrogens is 745 g/mol. The van der Waals surface area contributed by atoms with E-state index in [1.807, 2.05) is 84.9 Å². The molecule has 2 aliphatic heterocycles. The number of rotatable bonds is 4. The van der Waals surface area contributed by atoms with E-state index in [1.54, 1.807) is 84.9 Å². The summed E-state index contributed by atoms with van der Waals surface area (Å²) in [6, 6.07) is 50.0. The fraction of sp³-hybridized carbons (Fsp3) is 0.0213. The highest BCUT2D eigenvalue weighted by atomic mass is 17.0. The van der Waals surface area contributed by atoms with Crippen LogP contribution in [0.25, 0.3) is 21.5 Å². The van der Waals surface area contributed by atoms with Crippen LogP contribution in [0.15, 0.2) is 190 Å². The van der Waals surface area contributed by atoms with Crippen molar-refractivity contribution in [3.63, 3.8) is 0 Å². The minimum absolute atomic E-state index is 0.0611. The van der Waals surface area contributed by atoms with Crippen molar-refractivity contribution in [2.45, 2.75) is 6.16 Å². The summed E-state index contributed by atoms with van der Waals surface area (Å²) in [5.41, 5.74) is 2.18. The highest BCUT2D eigenvalue weighted by Gasteiger charge is 2.49. The summed E-state index contributed by atoms with van der Waals surface area (Å²) < 4.78 is 27.5. The molecule has 0 bridgehead atoms. The number of carbonyl (C=O) groups is 2. The Morgan fingerprint density at radius 2 is 0.814 bits per heavy atom. The van der Waals surface area contributed by atoms with Gasteiger partial charge in [0.25, 0.3) is 11.8 Å². The molecule has 8 aromatic rings. The zero-order valence-electron chi connectivity index (χ0n) is 30.9. The lowest BCUT2D eigenvalue weighted by Gasteiger charge is -2.33. The van der Waals surface area contributed by atoms with Crippen LogP contribution in [-0.4, -0.2) is 18.0 Å². The Hall–Kier alpha value is -8.38. The number of hydrogen-bond donors (Lipinski definition) is 2. The number of hydrogen-bond acceptors (Lipinski definition) is 10. The first kappa shape index (κ1) is 35.1. The van der Waals surface area contributed by atoms with Gasteiger partial charge in [-0.15, -0.1) is 20.5 Å². The molecule has 0 saturated heterocycles. The highest BCUT2D eigenvalue weighted by Crippen LogP contribution is 2.50. The Balaban J connectivity index is 1.26. The van der Waals surface area contributed by atoms with Crippen LogP contribution < -0.4 is 29.6 Å². The van der Waals surface area contributed by atoms with E-state index in [2.05, 4.69) is 20.9 Å². The van der Waals surface area contributed by atoms with Gasteiger partial charge < -0.3 is 29.6 Å². The van der Waals surface area contributed by atoms with E-state index in [4.69, 9.17) is 29.2 Å². The third-order valence-corrected chi connectivity index (χ3v) is 9.67. The number of carbonyl (C=O) groups excluding carboxylic acids is 2. The van der Waals surface area contributed by atoms with Gasteiger partial charge in [-0.3, -0.25) is 9.59 Å². The first-order chi connectivity index (χ1) is 29.0. The number of azo groups is 2. The molecule has 0 aliphatic carbocycles. The first-order valence-electron chi connectivity index (χ1n) is 18.6. The standard InChI is InChI=1S/C47H30N6O6/c54-45(48-31-17-3-1-4-18-31)35-27-29-15-7-9-21-33(29)41-43(35)58-47(56-39-25-13-11-23-37(39)50-52-41)57-40-26-14-12-24-38(40)51-53-42-34-22-10-8-16-30(34)28-36(44(42)59-47)46(55)49-32-19-5-2-6-20-32/h1-28H,(H,48,54)(H,49,55). The fourth-order valence-electron chi connectivity index (χ4n) is 6.91. The van der Waals surface area contributed by atoms with E-state index in [1.165, 1.54) is 0 Å². The van der Waals surface area contributed by atoms with Gasteiger partial charge in [0.15, 0.2) is 23.0 Å². The van der Waals surface area contributed by atoms with Crippen molar-refractivity contribution in [2.24, 2.45) is 20.5 Å². The molecule has 0 unspecified atom stereocenters. The number of fused-ring (bicyclic) bond motifs is 8. The molecule has 2 amide bonds. The molecule has 0 fully saturated rings. The van der Waals surface area contributed by atoms with Crippen molar-refractivity contribution in [1.82, 2.24) is 0 Å². The summed E-state index contributed by atoms with van der Waals surface area (Å²) in [4.78, 5) is 28.9. The largest absolute Gasteiger partial charge is 0.611 e. The van der Waals surface area contributed by atoms with Crippen molar-refractivity contribution < 1.29 is 28.5 Å². The van der Waals surface area contributed by atoms with E-state index < -0.39 is 18.0 Å². The van der Waals surface area contributed by atoms with Crippen LogP contribution >= 0.6 is 0 Å². The van der Waals surface area contributed by atoms with Crippen LogP contribution in [0.3, 0.4) is 0 Å². The van der Waals surface area contributed by atoms with Crippen LogP contribution in [-0.2, 0) is 0 Å². The predicted molar refractivity (Wildman–Crippen MR) is 223 cm³/mol. The second kappa shape index (κ2) is 14.6. The smallest absolute Gasteiger partial charge is 0.384 e. The minimum Gasteiger partial charge on any atom is -0.384 e. The van der Waals surface area contributed by atoms with Gasteiger partial charge in [0.05, 0.1) is 11.1 Å². The van der Waals surface area contributed by atoms with Crippen LogP contribution in [0.4, 0.5) is 34.1 Å². The fourth-order valence-corrected chi connectivity index (χ4v) is 6.91. The van der Waals surface area contributed by atoms with Gasteiger partial charge in [-0.25, -0.2) is 0 Å². The first-order valence-corrected chi connectivity index (χ1v) is 18.6. The average Bonchev–Trinajstić information content (AvgIpc) is 3.38. The molecule has 2 N–H and O–H groups in total. The summed E-state index contributed by atoms with van der Waals surface area (Å²) in [7, 11) is 0. The van der Waals surface area contributed by atoms with Gasteiger partial charge in [0.1, 0.15) is 22.7 Å². The Labute approximate surface area is 336 Å². The average molecular weight is 775 g/mol. The Morgan fingerprint density at radius 3 is 1.27 bits per heavy atom. The molecule has 2 aliphatic rings. The van der Waals surface area contributed by atoms with Crippen molar-refractivity contribution in [3.8, 4) is 23.0 Å². The number of anilines is 2. The Bertz CT molecular complexity index is 2810. The quantitative estimate of drug-likeness (QED) is 0.182. The predicted octanol–water partition coefficient (Wildman–Crippen LogP) is 12.2. The van der Waals surface area contributed by atoms with E-state index in [0.29, 0.717) is 44.3 Å². The monoisotopic (exact) mass is 774 g/mol. The van der Waals surface area contributed by atoms with Crippen molar-refractivity contribution in [3.05, 3.63) is 181 Å². The zero-order valence-corrected chi connectivity index (χ0v) is 30.9. The summed E-state index contributed by atoms with van der Waals surface area (Å²) in [5, 5.41) is 27.2. The third-order valence-electron chi connectivity index (χ3n) is 9.67. The topological polar surface area (TPSA) is 145 Å². The lowest BCUT2D eigenvalue weighted by atomic mass is 10.0. The Kier molecular flexibility index (Phi) is 8.68. The van der Waals surface area contributed by atoms with Crippen molar-refractivity contribution in [1.29, 1.82) is 0 Å². The molecule has 12 nitrogen and oxygen atoms in total. The molecule has 10 rings (SSSR count). The van der Waals surface area contributed by atoms with Gasteiger partial charge in [-0.1, -0.05) is 109 Å². The van der Waals surface area contributed by atoms with Crippen LogP contribution in [0.2, 0.25) is 0 Å². The SMILES string of the molecule is O=C(Nc1ccccc1)c1cc2ccccc2c2c1OC1(Oc3ccccc3N=N2)Oc2ccccc2N=Nc2c(c(C(=O)Nc3ccccc3)cc3ccccc23)O1. The molecule has 59 heavy (non-hydrogen) atoms. The molecule has 0 saturated carbocycles. The summed E-state index contributed by atoms with van der Waals surface area (Å²) in [5.74, 6) is -0.932. The van der Waals surface area contributed by atoms with E-state index >= 15 is 0 Å². The molecule has 0 atom stereocenters. The van der Waals surface area contributed by atoms with Crippen LogP contribution in [0, 0.1) is 0 Å². The maximum atomic E-state index is 14.5. The van der Waals surface area contributed by atoms with Crippen LogP contribution in [0.1, 0.15) is 20.7 Å². The minimum atomic E-state index is -2.66. The number of para-hydroxylation sites is 4. The second-order valence-corrected chi connectivity index (χ2v) is 13.5. The number of nitrogens with one attached hydrogen (secondary N) is 2. The van der Waals surface area contributed by atoms with Crippen molar-refractivity contribution in [2.75, 3.05) is 10.6 Å². The van der Waals surface area contributed by atoms with Crippen molar-refractivity contribution >= 4 is 67.5 Å². The molecule has 0 aromatic heterocycles.